The van der Waals surface area contributed by atoms with Crippen molar-refractivity contribution in [1.82, 2.24) is 5.32 Å². The standard InChI is InChI=1S/C11H22N2O2/c1-11(2,3)15-8-7-14-6-5-10(9-12)13-4/h10,13H,5-8H2,1-4H3. The van der Waals surface area contributed by atoms with Gasteiger partial charge in [-0.25, -0.2) is 0 Å². The maximum atomic E-state index is 8.64. The van der Waals surface area contributed by atoms with Crippen LogP contribution in [-0.4, -0.2) is 38.5 Å². The van der Waals surface area contributed by atoms with E-state index >= 15 is 0 Å². The Labute approximate surface area is 92.6 Å². The van der Waals surface area contributed by atoms with Gasteiger partial charge in [-0.2, -0.15) is 5.26 Å². The van der Waals surface area contributed by atoms with Crippen LogP contribution in [-0.2, 0) is 9.47 Å². The fourth-order valence-corrected chi connectivity index (χ4v) is 0.983. The van der Waals surface area contributed by atoms with E-state index in [9.17, 15) is 0 Å². The minimum atomic E-state index is -0.117. The third-order valence-electron chi connectivity index (χ3n) is 1.82. The van der Waals surface area contributed by atoms with Gasteiger partial charge in [0, 0.05) is 6.61 Å². The monoisotopic (exact) mass is 214 g/mol. The number of nitrogens with one attached hydrogen (secondary N) is 1. The summed E-state index contributed by atoms with van der Waals surface area (Å²) >= 11 is 0. The van der Waals surface area contributed by atoms with Crippen molar-refractivity contribution in [3.63, 3.8) is 0 Å². The lowest BCUT2D eigenvalue weighted by atomic mass is 10.2. The van der Waals surface area contributed by atoms with Gasteiger partial charge in [-0.05, 0) is 34.2 Å². The largest absolute Gasteiger partial charge is 0.379 e. The molecule has 0 rings (SSSR count). The highest BCUT2D eigenvalue weighted by Gasteiger charge is 2.09. The Morgan fingerprint density at radius 2 is 1.93 bits per heavy atom. The smallest absolute Gasteiger partial charge is 0.0972 e. The molecule has 1 unspecified atom stereocenters. The van der Waals surface area contributed by atoms with E-state index in [1.807, 2.05) is 20.8 Å². The van der Waals surface area contributed by atoms with Gasteiger partial charge < -0.3 is 14.8 Å². The summed E-state index contributed by atoms with van der Waals surface area (Å²) in [5, 5.41) is 11.5. The first kappa shape index (κ1) is 14.4. The number of nitriles is 1. The van der Waals surface area contributed by atoms with Gasteiger partial charge in [0.1, 0.15) is 0 Å². The summed E-state index contributed by atoms with van der Waals surface area (Å²) in [5.41, 5.74) is -0.108. The average Bonchev–Trinajstić information content (AvgIpc) is 2.15. The molecular weight excluding hydrogens is 192 g/mol. The van der Waals surface area contributed by atoms with Crippen LogP contribution >= 0.6 is 0 Å². The molecule has 4 nitrogen and oxygen atoms in total. The summed E-state index contributed by atoms with van der Waals surface area (Å²) in [5.74, 6) is 0. The first-order valence-electron chi connectivity index (χ1n) is 5.28. The van der Waals surface area contributed by atoms with Crippen molar-refractivity contribution in [2.24, 2.45) is 0 Å². The number of ether oxygens (including phenoxy) is 2. The van der Waals surface area contributed by atoms with Gasteiger partial charge in [-0.15, -0.1) is 0 Å². The van der Waals surface area contributed by atoms with Gasteiger partial charge in [0.25, 0.3) is 0 Å². The molecule has 0 aromatic carbocycles. The molecule has 0 bridgehead atoms. The fraction of sp³-hybridized carbons (Fsp3) is 0.909. The van der Waals surface area contributed by atoms with Crippen LogP contribution in [0.25, 0.3) is 0 Å². The normalized spacial score (nSPS) is 13.5. The molecule has 0 fully saturated rings. The maximum Gasteiger partial charge on any atom is 0.0972 e. The van der Waals surface area contributed by atoms with Crippen LogP contribution in [0.2, 0.25) is 0 Å². The minimum Gasteiger partial charge on any atom is -0.379 e. The Bertz CT molecular complexity index is 194. The van der Waals surface area contributed by atoms with Crippen LogP contribution in [0.5, 0.6) is 0 Å². The first-order valence-corrected chi connectivity index (χ1v) is 5.28. The van der Waals surface area contributed by atoms with Crippen molar-refractivity contribution in [2.45, 2.75) is 38.8 Å². The minimum absolute atomic E-state index is 0.108. The molecular formula is C11H22N2O2. The molecule has 0 spiro atoms. The second-order valence-corrected chi connectivity index (χ2v) is 4.33. The predicted octanol–water partition coefficient (Wildman–Crippen LogP) is 1.32. The van der Waals surface area contributed by atoms with Crippen molar-refractivity contribution in [1.29, 1.82) is 5.26 Å². The summed E-state index contributed by atoms with van der Waals surface area (Å²) in [7, 11) is 1.77. The molecule has 0 aliphatic rings. The van der Waals surface area contributed by atoms with E-state index in [1.165, 1.54) is 0 Å². The Balaban J connectivity index is 3.30. The van der Waals surface area contributed by atoms with Crippen molar-refractivity contribution in [3.8, 4) is 6.07 Å². The molecule has 0 radical (unpaired) electrons. The number of hydrogen-bond donors (Lipinski definition) is 1. The lowest BCUT2D eigenvalue weighted by Gasteiger charge is -2.19. The van der Waals surface area contributed by atoms with E-state index in [2.05, 4.69) is 11.4 Å². The molecule has 0 saturated heterocycles. The van der Waals surface area contributed by atoms with E-state index < -0.39 is 0 Å². The second-order valence-electron chi connectivity index (χ2n) is 4.33. The van der Waals surface area contributed by atoms with Gasteiger partial charge in [-0.3, -0.25) is 0 Å². The summed E-state index contributed by atoms with van der Waals surface area (Å²) in [6.45, 7) is 7.81. The molecule has 0 aromatic heterocycles. The summed E-state index contributed by atoms with van der Waals surface area (Å²) in [6.07, 6.45) is 0.711. The Hall–Kier alpha value is -0.630. The molecule has 0 aliphatic carbocycles. The highest BCUT2D eigenvalue weighted by Crippen LogP contribution is 2.05. The molecule has 0 aromatic rings. The molecule has 1 N–H and O–H groups in total. The molecule has 0 aliphatic heterocycles. The third kappa shape index (κ3) is 9.67. The zero-order valence-corrected chi connectivity index (χ0v) is 10.2. The summed E-state index contributed by atoms with van der Waals surface area (Å²) in [6, 6.07) is 2.03. The quantitative estimate of drug-likeness (QED) is 0.649. The number of nitrogens with zero attached hydrogens (tertiary/aromatic N) is 1. The predicted molar refractivity (Wildman–Crippen MR) is 59.6 cm³/mol. The van der Waals surface area contributed by atoms with Crippen LogP contribution in [0.3, 0.4) is 0 Å². The van der Waals surface area contributed by atoms with Crippen molar-refractivity contribution in [3.05, 3.63) is 0 Å². The van der Waals surface area contributed by atoms with E-state index in [1.54, 1.807) is 7.05 Å². The topological polar surface area (TPSA) is 54.3 Å². The SMILES string of the molecule is CNC(C#N)CCOCCOC(C)(C)C. The van der Waals surface area contributed by atoms with Crippen molar-refractivity contribution < 1.29 is 9.47 Å². The van der Waals surface area contributed by atoms with E-state index in [4.69, 9.17) is 14.7 Å². The van der Waals surface area contributed by atoms with Gasteiger partial charge in [0.05, 0.1) is 30.9 Å². The van der Waals surface area contributed by atoms with E-state index in [0.717, 1.165) is 0 Å². The van der Waals surface area contributed by atoms with Gasteiger partial charge in [0.2, 0.25) is 0 Å². The van der Waals surface area contributed by atoms with Crippen LogP contribution < -0.4 is 5.32 Å². The fourth-order valence-electron chi connectivity index (χ4n) is 0.983. The summed E-state index contributed by atoms with van der Waals surface area (Å²) in [4.78, 5) is 0. The Morgan fingerprint density at radius 1 is 1.27 bits per heavy atom. The Morgan fingerprint density at radius 3 is 2.40 bits per heavy atom. The average molecular weight is 214 g/mol. The maximum absolute atomic E-state index is 8.64. The van der Waals surface area contributed by atoms with Gasteiger partial charge in [-0.1, -0.05) is 0 Å². The number of hydrogen-bond acceptors (Lipinski definition) is 4. The molecule has 1 atom stereocenters. The van der Waals surface area contributed by atoms with Gasteiger partial charge in [0.15, 0.2) is 0 Å². The number of rotatable bonds is 7. The van der Waals surface area contributed by atoms with Crippen LogP contribution in [0.4, 0.5) is 0 Å². The molecule has 88 valence electrons. The highest BCUT2D eigenvalue weighted by atomic mass is 16.5. The molecule has 15 heavy (non-hydrogen) atoms. The zero-order chi connectivity index (χ0) is 11.7. The lowest BCUT2D eigenvalue weighted by molar-refractivity contribution is -0.0353. The molecule has 4 heteroatoms. The molecule has 0 amide bonds. The van der Waals surface area contributed by atoms with Gasteiger partial charge >= 0.3 is 0 Å². The van der Waals surface area contributed by atoms with Crippen LogP contribution in [0.15, 0.2) is 0 Å². The second kappa shape index (κ2) is 7.63. The zero-order valence-electron chi connectivity index (χ0n) is 10.2. The van der Waals surface area contributed by atoms with Crippen molar-refractivity contribution in [2.75, 3.05) is 26.9 Å². The lowest BCUT2D eigenvalue weighted by Crippen LogP contribution is -2.25. The summed E-state index contributed by atoms with van der Waals surface area (Å²) < 4.78 is 10.8. The van der Waals surface area contributed by atoms with Crippen LogP contribution in [0.1, 0.15) is 27.2 Å². The first-order chi connectivity index (χ1) is 6.99. The van der Waals surface area contributed by atoms with E-state index in [-0.39, 0.29) is 11.6 Å². The Kier molecular flexibility index (Phi) is 7.31. The third-order valence-corrected chi connectivity index (χ3v) is 1.82. The highest BCUT2D eigenvalue weighted by molar-refractivity contribution is 4.87. The van der Waals surface area contributed by atoms with E-state index in [0.29, 0.717) is 26.2 Å². The molecule has 0 saturated carbocycles. The van der Waals surface area contributed by atoms with Crippen molar-refractivity contribution >= 4 is 0 Å². The molecule has 0 heterocycles. The van der Waals surface area contributed by atoms with Crippen LogP contribution in [0, 0.1) is 11.3 Å².